The van der Waals surface area contributed by atoms with Gasteiger partial charge in [0.2, 0.25) is 11.8 Å². The second-order valence-electron chi connectivity index (χ2n) is 10.2. The fourth-order valence-electron chi connectivity index (χ4n) is 5.46. The van der Waals surface area contributed by atoms with Crippen LogP contribution in [0, 0.1) is 5.92 Å². The van der Waals surface area contributed by atoms with Crippen LogP contribution >= 0.6 is 0 Å². The van der Waals surface area contributed by atoms with Gasteiger partial charge < -0.3 is 35.0 Å². The zero-order valence-corrected chi connectivity index (χ0v) is 21.4. The molecule has 38 heavy (non-hydrogen) atoms. The molecule has 0 aromatic heterocycles. The van der Waals surface area contributed by atoms with Crippen molar-refractivity contribution < 1.29 is 34.4 Å². The number of carbonyl (C=O) groups is 2. The van der Waals surface area contributed by atoms with Crippen LogP contribution in [-0.4, -0.2) is 77.1 Å². The maximum absolute atomic E-state index is 13.6. The summed E-state index contributed by atoms with van der Waals surface area (Å²) in [6.07, 6.45) is 1.94. The lowest BCUT2D eigenvalue weighted by molar-refractivity contribution is -0.136. The van der Waals surface area contributed by atoms with Gasteiger partial charge in [0.05, 0.1) is 38.7 Å². The number of hydrogen-bond acceptors (Lipinski definition) is 7. The quantitative estimate of drug-likeness (QED) is 0.370. The Hall–Kier alpha value is -3.40. The molecule has 2 amide bonds. The number of nitrogens with one attached hydrogen (secondary N) is 1. The van der Waals surface area contributed by atoms with Gasteiger partial charge in [-0.2, -0.15) is 0 Å². The largest absolute Gasteiger partial charge is 0.493 e. The highest BCUT2D eigenvalue weighted by Gasteiger charge is 2.51. The Morgan fingerprint density at radius 1 is 1.13 bits per heavy atom. The van der Waals surface area contributed by atoms with Crippen molar-refractivity contribution in [3.8, 4) is 11.5 Å². The van der Waals surface area contributed by atoms with E-state index in [1.54, 1.807) is 23.1 Å². The van der Waals surface area contributed by atoms with Crippen molar-refractivity contribution in [2.24, 2.45) is 5.92 Å². The van der Waals surface area contributed by atoms with E-state index < -0.39 is 30.1 Å². The minimum atomic E-state index is -1.11. The molecule has 4 atom stereocenters. The summed E-state index contributed by atoms with van der Waals surface area (Å²) in [5, 5.41) is 33.5. The third kappa shape index (κ3) is 5.14. The molecule has 3 aliphatic rings. The molecule has 2 aliphatic carbocycles. The van der Waals surface area contributed by atoms with E-state index in [1.165, 1.54) is 7.11 Å². The van der Waals surface area contributed by atoms with Crippen molar-refractivity contribution in [3.05, 3.63) is 70.8 Å². The first-order valence-corrected chi connectivity index (χ1v) is 13.1. The molecule has 2 aromatic rings. The molecule has 1 saturated carbocycles. The average Bonchev–Trinajstić information content (AvgIpc) is 3.68. The number of hydrogen-bond donors (Lipinski definition) is 4. The van der Waals surface area contributed by atoms with E-state index in [0.717, 1.165) is 18.4 Å². The number of methoxy groups -OCH3 is 1. The second kappa shape index (κ2) is 11.1. The topological polar surface area (TPSA) is 129 Å². The minimum Gasteiger partial charge on any atom is -0.493 e. The van der Waals surface area contributed by atoms with Crippen molar-refractivity contribution in [1.29, 1.82) is 0 Å². The van der Waals surface area contributed by atoms with Gasteiger partial charge in [-0.3, -0.25) is 9.59 Å². The predicted octanol–water partition coefficient (Wildman–Crippen LogP) is 1.29. The number of aliphatic hydroxyl groups excluding tert-OH is 3. The Bertz CT molecular complexity index is 1210. The number of amides is 2. The first-order chi connectivity index (χ1) is 18.4. The lowest BCUT2D eigenvalue weighted by atomic mass is 9.77. The molecule has 202 valence electrons. The summed E-state index contributed by atoms with van der Waals surface area (Å²) in [6, 6.07) is 12.1. The number of fused-ring (bicyclic) bond motifs is 3. The van der Waals surface area contributed by atoms with E-state index in [1.807, 2.05) is 30.3 Å². The van der Waals surface area contributed by atoms with Gasteiger partial charge >= 0.3 is 0 Å². The lowest BCUT2D eigenvalue weighted by Crippen LogP contribution is -2.56. The summed E-state index contributed by atoms with van der Waals surface area (Å²) in [5.41, 5.74) is 2.44. The van der Waals surface area contributed by atoms with Crippen molar-refractivity contribution in [2.75, 3.05) is 26.8 Å². The fraction of sp³-hybridized carbons (Fsp3) is 0.448. The van der Waals surface area contributed by atoms with Crippen LogP contribution in [0.3, 0.4) is 0 Å². The highest BCUT2D eigenvalue weighted by atomic mass is 16.5. The van der Waals surface area contributed by atoms with Crippen LogP contribution in [0.1, 0.15) is 35.4 Å². The summed E-state index contributed by atoms with van der Waals surface area (Å²) < 4.78 is 11.8. The smallest absolute Gasteiger partial charge is 0.247 e. The summed E-state index contributed by atoms with van der Waals surface area (Å²) in [6.45, 7) is 0.0915. The highest BCUT2D eigenvalue weighted by Crippen LogP contribution is 2.51. The third-order valence-electron chi connectivity index (χ3n) is 7.53. The van der Waals surface area contributed by atoms with Crippen LogP contribution in [0.5, 0.6) is 11.5 Å². The lowest BCUT2D eigenvalue weighted by Gasteiger charge is -2.41. The molecule has 9 heteroatoms. The molecule has 0 radical (unpaired) electrons. The molecule has 9 nitrogen and oxygen atoms in total. The van der Waals surface area contributed by atoms with Crippen LogP contribution in [0.4, 0.5) is 0 Å². The molecule has 5 rings (SSSR count). The normalized spacial score (nSPS) is 23.5. The van der Waals surface area contributed by atoms with Crippen LogP contribution in [0.15, 0.2) is 54.1 Å². The molecular weight excluding hydrogens is 488 g/mol. The van der Waals surface area contributed by atoms with Gasteiger partial charge in [0, 0.05) is 24.2 Å². The van der Waals surface area contributed by atoms with Gasteiger partial charge in [-0.25, -0.2) is 0 Å². The van der Waals surface area contributed by atoms with Gasteiger partial charge in [-0.1, -0.05) is 30.3 Å². The van der Waals surface area contributed by atoms with Gasteiger partial charge in [0.25, 0.3) is 0 Å². The number of carbonyl (C=O) groups excluding carboxylic acids is 2. The van der Waals surface area contributed by atoms with Crippen LogP contribution < -0.4 is 14.8 Å². The molecule has 1 heterocycles. The number of ether oxygens (including phenoxy) is 2. The summed E-state index contributed by atoms with van der Waals surface area (Å²) in [7, 11) is 1.49. The van der Waals surface area contributed by atoms with E-state index in [4.69, 9.17) is 9.47 Å². The van der Waals surface area contributed by atoms with Gasteiger partial charge in [0.1, 0.15) is 12.2 Å². The molecular formula is C29H34N2O7. The maximum Gasteiger partial charge on any atom is 0.247 e. The van der Waals surface area contributed by atoms with Crippen LogP contribution in [-0.2, 0) is 22.6 Å². The Morgan fingerprint density at radius 2 is 1.89 bits per heavy atom. The van der Waals surface area contributed by atoms with Gasteiger partial charge in [0.15, 0.2) is 11.5 Å². The SMILES string of the molecule is COc1cc(CO)cc2c1OC1C2C(C(=O)NCCO)=CC(N(CC2CC2)C(=O)Cc2ccccc2)C1O. The molecule has 1 aliphatic heterocycles. The molecule has 0 bridgehead atoms. The maximum atomic E-state index is 13.6. The van der Waals surface area contributed by atoms with Crippen LogP contribution in [0.2, 0.25) is 0 Å². The summed E-state index contributed by atoms with van der Waals surface area (Å²) >= 11 is 0. The Morgan fingerprint density at radius 3 is 2.55 bits per heavy atom. The van der Waals surface area contributed by atoms with Crippen molar-refractivity contribution in [2.45, 2.75) is 50.0 Å². The predicted molar refractivity (Wildman–Crippen MR) is 139 cm³/mol. The summed E-state index contributed by atoms with van der Waals surface area (Å²) in [5.74, 6) is -0.0133. The Balaban J connectivity index is 1.55. The zero-order chi connectivity index (χ0) is 26.8. The summed E-state index contributed by atoms with van der Waals surface area (Å²) in [4.78, 5) is 28.7. The van der Waals surface area contributed by atoms with Crippen LogP contribution in [0.25, 0.3) is 0 Å². The first kappa shape index (κ1) is 26.2. The molecule has 0 spiro atoms. The highest BCUT2D eigenvalue weighted by molar-refractivity contribution is 5.96. The van der Waals surface area contributed by atoms with Crippen molar-refractivity contribution >= 4 is 11.8 Å². The standard InChI is InChI=1S/C29H34N2O7/c1-37-23-12-19(16-33)11-20-25-21(29(36)30-9-10-32)14-22(26(35)28(25)38-27(20)23)31(15-18-7-8-18)24(34)13-17-5-3-2-4-6-17/h2-6,11-12,14,18,22,25-26,28,32-33,35H,7-10,13,15-16H2,1H3,(H,30,36). The minimum absolute atomic E-state index is 0.0627. The molecule has 4 unspecified atom stereocenters. The van der Waals surface area contributed by atoms with Gasteiger partial charge in [-0.15, -0.1) is 0 Å². The van der Waals surface area contributed by atoms with E-state index in [2.05, 4.69) is 5.32 Å². The Labute approximate surface area is 221 Å². The van der Waals surface area contributed by atoms with Crippen molar-refractivity contribution in [3.63, 3.8) is 0 Å². The molecule has 1 fully saturated rings. The zero-order valence-electron chi connectivity index (χ0n) is 21.4. The van der Waals surface area contributed by atoms with E-state index in [9.17, 15) is 24.9 Å². The monoisotopic (exact) mass is 522 g/mol. The molecule has 2 aromatic carbocycles. The number of nitrogens with zero attached hydrogens (tertiary/aromatic N) is 1. The number of rotatable bonds is 10. The van der Waals surface area contributed by atoms with Crippen molar-refractivity contribution in [1.82, 2.24) is 10.2 Å². The number of benzene rings is 2. The Kier molecular flexibility index (Phi) is 7.69. The second-order valence-corrected chi connectivity index (χ2v) is 10.2. The van der Waals surface area contributed by atoms with E-state index in [-0.39, 0.29) is 32.1 Å². The number of aliphatic hydroxyl groups is 3. The average molecular weight is 523 g/mol. The third-order valence-corrected chi connectivity index (χ3v) is 7.53. The van der Waals surface area contributed by atoms with Gasteiger partial charge in [-0.05, 0) is 48.1 Å². The first-order valence-electron chi connectivity index (χ1n) is 13.1. The molecule has 4 N–H and O–H groups in total. The molecule has 0 saturated heterocycles. The fourth-order valence-corrected chi connectivity index (χ4v) is 5.46. The van der Waals surface area contributed by atoms with E-state index >= 15 is 0 Å². The van der Waals surface area contributed by atoms with E-state index in [0.29, 0.717) is 40.7 Å².